The number of hydrogen-bond acceptors (Lipinski definition) is 4. The Balaban J connectivity index is 1.63. The lowest BCUT2D eigenvalue weighted by Crippen LogP contribution is -2.20. The van der Waals surface area contributed by atoms with Gasteiger partial charge in [0.15, 0.2) is 6.61 Å². The van der Waals surface area contributed by atoms with Gasteiger partial charge in [0.2, 0.25) is 0 Å². The zero-order valence-corrected chi connectivity index (χ0v) is 15.5. The summed E-state index contributed by atoms with van der Waals surface area (Å²) in [5.74, 6) is -0.279. The summed E-state index contributed by atoms with van der Waals surface area (Å²) in [7, 11) is 0. The van der Waals surface area contributed by atoms with Gasteiger partial charge in [-0.3, -0.25) is 4.79 Å². The standard InChI is InChI=1S/C21H18ClNO4/c1-2-26-21(25)18-12-16(8-10-19(18)22)23-20(24)13-27-17-9-7-14-5-3-4-6-15(14)11-17/h3-12H,2,13H2,1H3,(H,23,24). The molecule has 0 atom stereocenters. The van der Waals surface area contributed by atoms with E-state index in [9.17, 15) is 9.59 Å². The highest BCUT2D eigenvalue weighted by Gasteiger charge is 2.13. The van der Waals surface area contributed by atoms with E-state index in [-0.39, 0.29) is 29.7 Å². The number of rotatable bonds is 6. The average molecular weight is 384 g/mol. The van der Waals surface area contributed by atoms with E-state index in [2.05, 4.69) is 5.32 Å². The smallest absolute Gasteiger partial charge is 0.339 e. The number of hydrogen-bond donors (Lipinski definition) is 1. The van der Waals surface area contributed by atoms with E-state index in [1.54, 1.807) is 13.0 Å². The summed E-state index contributed by atoms with van der Waals surface area (Å²) in [6.07, 6.45) is 0. The lowest BCUT2D eigenvalue weighted by atomic mass is 10.1. The maximum atomic E-state index is 12.2. The predicted molar refractivity (Wildman–Crippen MR) is 105 cm³/mol. The van der Waals surface area contributed by atoms with Gasteiger partial charge in [-0.05, 0) is 48.0 Å². The number of carbonyl (C=O) groups excluding carboxylic acids is 2. The third-order valence-electron chi connectivity index (χ3n) is 3.84. The SMILES string of the molecule is CCOC(=O)c1cc(NC(=O)COc2ccc3ccccc3c2)ccc1Cl. The van der Waals surface area contributed by atoms with Crippen molar-refractivity contribution in [3.8, 4) is 5.75 Å². The number of esters is 1. The molecule has 3 aromatic carbocycles. The van der Waals surface area contributed by atoms with Crippen LogP contribution in [0.3, 0.4) is 0 Å². The first-order valence-electron chi connectivity index (χ1n) is 8.45. The third kappa shape index (κ3) is 4.77. The Hall–Kier alpha value is -3.05. The summed E-state index contributed by atoms with van der Waals surface area (Å²) in [5, 5.41) is 5.08. The van der Waals surface area contributed by atoms with E-state index in [0.29, 0.717) is 11.4 Å². The second kappa shape index (κ2) is 8.56. The number of ether oxygens (including phenoxy) is 2. The van der Waals surface area contributed by atoms with Crippen LogP contribution < -0.4 is 10.1 Å². The summed E-state index contributed by atoms with van der Waals surface area (Å²) in [6, 6.07) is 18.2. The van der Waals surface area contributed by atoms with Crippen molar-refractivity contribution in [2.45, 2.75) is 6.92 Å². The zero-order valence-electron chi connectivity index (χ0n) is 14.7. The Kier molecular flexibility index (Phi) is 5.94. The number of amides is 1. The van der Waals surface area contributed by atoms with Crippen LogP contribution >= 0.6 is 11.6 Å². The monoisotopic (exact) mass is 383 g/mol. The molecule has 27 heavy (non-hydrogen) atoms. The molecule has 0 unspecified atom stereocenters. The third-order valence-corrected chi connectivity index (χ3v) is 4.17. The predicted octanol–water partition coefficient (Wildman–Crippen LogP) is 4.69. The topological polar surface area (TPSA) is 64.6 Å². The lowest BCUT2D eigenvalue weighted by Gasteiger charge is -2.10. The molecule has 0 aliphatic heterocycles. The molecule has 0 aliphatic rings. The van der Waals surface area contributed by atoms with Gasteiger partial charge in [-0.15, -0.1) is 0 Å². The maximum absolute atomic E-state index is 12.2. The maximum Gasteiger partial charge on any atom is 0.339 e. The normalized spacial score (nSPS) is 10.4. The summed E-state index contributed by atoms with van der Waals surface area (Å²) in [5.41, 5.74) is 0.640. The van der Waals surface area contributed by atoms with Gasteiger partial charge in [0.25, 0.3) is 5.91 Å². The molecule has 1 N–H and O–H groups in total. The van der Waals surface area contributed by atoms with Crippen LogP contribution in [0.15, 0.2) is 60.7 Å². The van der Waals surface area contributed by atoms with Crippen LogP contribution in [-0.4, -0.2) is 25.1 Å². The van der Waals surface area contributed by atoms with Gasteiger partial charge >= 0.3 is 5.97 Å². The van der Waals surface area contributed by atoms with E-state index in [1.165, 1.54) is 12.1 Å². The summed E-state index contributed by atoms with van der Waals surface area (Å²) >= 11 is 6.01. The highest BCUT2D eigenvalue weighted by molar-refractivity contribution is 6.33. The Morgan fingerprint density at radius 1 is 1.00 bits per heavy atom. The lowest BCUT2D eigenvalue weighted by molar-refractivity contribution is -0.118. The Morgan fingerprint density at radius 3 is 2.56 bits per heavy atom. The summed E-state index contributed by atoms with van der Waals surface area (Å²) in [6.45, 7) is 1.79. The average Bonchev–Trinajstić information content (AvgIpc) is 2.68. The molecule has 0 radical (unpaired) electrons. The molecule has 5 nitrogen and oxygen atoms in total. The van der Waals surface area contributed by atoms with E-state index in [0.717, 1.165) is 10.8 Å². The molecule has 6 heteroatoms. The number of benzene rings is 3. The molecule has 3 rings (SSSR count). The number of fused-ring (bicyclic) bond motifs is 1. The summed E-state index contributed by atoms with van der Waals surface area (Å²) in [4.78, 5) is 24.0. The van der Waals surface area contributed by atoms with Crippen molar-refractivity contribution >= 4 is 39.9 Å². The van der Waals surface area contributed by atoms with Crippen LogP contribution in [0.4, 0.5) is 5.69 Å². The van der Waals surface area contributed by atoms with Crippen molar-refractivity contribution in [1.29, 1.82) is 0 Å². The number of nitrogens with one attached hydrogen (secondary N) is 1. The molecule has 0 aromatic heterocycles. The molecule has 3 aromatic rings. The minimum absolute atomic E-state index is 0.157. The quantitative estimate of drug-likeness (QED) is 0.627. The van der Waals surface area contributed by atoms with Crippen molar-refractivity contribution < 1.29 is 19.1 Å². The van der Waals surface area contributed by atoms with Crippen LogP contribution in [-0.2, 0) is 9.53 Å². The Morgan fingerprint density at radius 2 is 1.78 bits per heavy atom. The van der Waals surface area contributed by atoms with Gasteiger partial charge in [0, 0.05) is 5.69 Å². The minimum atomic E-state index is -0.536. The molecule has 0 fully saturated rings. The fourth-order valence-electron chi connectivity index (χ4n) is 2.57. The van der Waals surface area contributed by atoms with E-state index in [4.69, 9.17) is 21.1 Å². The van der Waals surface area contributed by atoms with Gasteiger partial charge in [-0.25, -0.2) is 4.79 Å². The van der Waals surface area contributed by atoms with Crippen LogP contribution in [0.1, 0.15) is 17.3 Å². The van der Waals surface area contributed by atoms with E-state index in [1.807, 2.05) is 42.5 Å². The van der Waals surface area contributed by atoms with Crippen LogP contribution in [0.25, 0.3) is 10.8 Å². The fraction of sp³-hybridized carbons (Fsp3) is 0.143. The molecule has 0 aliphatic carbocycles. The molecular formula is C21H18ClNO4. The first kappa shape index (κ1) is 18.7. The second-order valence-electron chi connectivity index (χ2n) is 5.76. The van der Waals surface area contributed by atoms with Crippen molar-refractivity contribution in [3.63, 3.8) is 0 Å². The van der Waals surface area contributed by atoms with Crippen molar-refractivity contribution in [2.24, 2.45) is 0 Å². The van der Waals surface area contributed by atoms with Gasteiger partial charge in [0.1, 0.15) is 5.75 Å². The van der Waals surface area contributed by atoms with Gasteiger partial charge in [-0.2, -0.15) is 0 Å². The second-order valence-corrected chi connectivity index (χ2v) is 6.17. The highest BCUT2D eigenvalue weighted by Crippen LogP contribution is 2.22. The molecular weight excluding hydrogens is 366 g/mol. The highest BCUT2D eigenvalue weighted by atomic mass is 35.5. The number of anilines is 1. The summed E-state index contributed by atoms with van der Waals surface area (Å²) < 4.78 is 10.5. The molecule has 0 heterocycles. The van der Waals surface area contributed by atoms with Gasteiger partial charge in [-0.1, -0.05) is 41.9 Å². The van der Waals surface area contributed by atoms with E-state index >= 15 is 0 Å². The van der Waals surface area contributed by atoms with Crippen LogP contribution in [0.2, 0.25) is 5.02 Å². The van der Waals surface area contributed by atoms with Gasteiger partial charge in [0.05, 0.1) is 17.2 Å². The first-order chi connectivity index (χ1) is 13.1. The fourth-order valence-corrected chi connectivity index (χ4v) is 2.77. The van der Waals surface area contributed by atoms with Crippen molar-refractivity contribution in [2.75, 3.05) is 18.5 Å². The Labute approximate surface area is 161 Å². The molecule has 0 spiro atoms. The van der Waals surface area contributed by atoms with E-state index < -0.39 is 5.97 Å². The van der Waals surface area contributed by atoms with Crippen molar-refractivity contribution in [3.05, 3.63) is 71.2 Å². The van der Waals surface area contributed by atoms with Crippen LogP contribution in [0.5, 0.6) is 5.75 Å². The zero-order chi connectivity index (χ0) is 19.2. The molecule has 0 bridgehead atoms. The van der Waals surface area contributed by atoms with Crippen molar-refractivity contribution in [1.82, 2.24) is 0 Å². The minimum Gasteiger partial charge on any atom is -0.484 e. The number of carbonyl (C=O) groups is 2. The van der Waals surface area contributed by atoms with Crippen LogP contribution in [0, 0.1) is 0 Å². The molecule has 0 saturated carbocycles. The Bertz CT molecular complexity index is 987. The largest absolute Gasteiger partial charge is 0.484 e. The number of halogens is 1. The first-order valence-corrected chi connectivity index (χ1v) is 8.82. The molecule has 138 valence electrons. The molecule has 1 amide bonds. The van der Waals surface area contributed by atoms with Gasteiger partial charge < -0.3 is 14.8 Å². The molecule has 0 saturated heterocycles.